The first-order chi connectivity index (χ1) is 9.20. The van der Waals surface area contributed by atoms with Gasteiger partial charge < -0.3 is 9.15 Å². The molecule has 0 radical (unpaired) electrons. The van der Waals surface area contributed by atoms with E-state index >= 15 is 0 Å². The Labute approximate surface area is 107 Å². The molecule has 94 valence electrons. The SMILES string of the molecule is COC(=O)c1ccc2oc3cnccc3c(=O)c2c1. The van der Waals surface area contributed by atoms with Crippen molar-refractivity contribution in [1.29, 1.82) is 0 Å². The van der Waals surface area contributed by atoms with Gasteiger partial charge in [-0.05, 0) is 24.3 Å². The Hall–Kier alpha value is -2.69. The lowest BCUT2D eigenvalue weighted by molar-refractivity contribution is 0.0601. The molecule has 3 rings (SSSR count). The highest BCUT2D eigenvalue weighted by Crippen LogP contribution is 2.19. The fourth-order valence-corrected chi connectivity index (χ4v) is 1.95. The summed E-state index contributed by atoms with van der Waals surface area (Å²) in [6.45, 7) is 0. The van der Waals surface area contributed by atoms with Crippen molar-refractivity contribution in [3.63, 3.8) is 0 Å². The van der Waals surface area contributed by atoms with Gasteiger partial charge in [0.15, 0.2) is 5.58 Å². The number of benzene rings is 1. The van der Waals surface area contributed by atoms with Crippen LogP contribution in [0.3, 0.4) is 0 Å². The summed E-state index contributed by atoms with van der Waals surface area (Å²) < 4.78 is 10.2. The van der Waals surface area contributed by atoms with Gasteiger partial charge in [0.2, 0.25) is 5.43 Å². The standard InChI is InChI=1S/C14H9NO4/c1-18-14(17)8-2-3-11-10(6-8)13(16)9-4-5-15-7-12(9)19-11/h2-7H,1H3. The van der Waals surface area contributed by atoms with Gasteiger partial charge in [0.25, 0.3) is 0 Å². The van der Waals surface area contributed by atoms with E-state index in [1.54, 1.807) is 18.2 Å². The zero-order valence-electron chi connectivity index (χ0n) is 10.0. The van der Waals surface area contributed by atoms with Crippen LogP contribution >= 0.6 is 0 Å². The Kier molecular flexibility index (Phi) is 2.52. The minimum atomic E-state index is -0.490. The second kappa shape index (κ2) is 4.20. The third-order valence-electron chi connectivity index (χ3n) is 2.89. The third kappa shape index (κ3) is 1.76. The van der Waals surface area contributed by atoms with Gasteiger partial charge in [-0.25, -0.2) is 4.79 Å². The Bertz CT molecular complexity index is 851. The molecule has 0 aliphatic rings. The van der Waals surface area contributed by atoms with Crippen molar-refractivity contribution in [2.75, 3.05) is 7.11 Å². The summed E-state index contributed by atoms with van der Waals surface area (Å²) in [5, 5.41) is 0.783. The van der Waals surface area contributed by atoms with Crippen LogP contribution in [-0.4, -0.2) is 18.1 Å². The molecule has 0 bridgehead atoms. The number of methoxy groups -OCH3 is 1. The molecular formula is C14H9NO4. The maximum absolute atomic E-state index is 12.3. The summed E-state index contributed by atoms with van der Waals surface area (Å²) in [6, 6.07) is 6.20. The number of ether oxygens (including phenoxy) is 1. The van der Waals surface area contributed by atoms with Gasteiger partial charge in [-0.3, -0.25) is 9.78 Å². The van der Waals surface area contributed by atoms with E-state index < -0.39 is 5.97 Å². The summed E-state index contributed by atoms with van der Waals surface area (Å²) in [5.41, 5.74) is 0.962. The first kappa shape index (κ1) is 11.4. The van der Waals surface area contributed by atoms with E-state index in [4.69, 9.17) is 4.42 Å². The van der Waals surface area contributed by atoms with Crippen LogP contribution in [0.5, 0.6) is 0 Å². The number of nitrogens with zero attached hydrogens (tertiary/aromatic N) is 1. The van der Waals surface area contributed by atoms with E-state index in [0.717, 1.165) is 0 Å². The molecule has 0 fully saturated rings. The molecular weight excluding hydrogens is 246 g/mol. The summed E-state index contributed by atoms with van der Waals surface area (Å²) in [6.07, 6.45) is 3.01. The Morgan fingerprint density at radius 2 is 2.05 bits per heavy atom. The van der Waals surface area contributed by atoms with Crippen LogP contribution in [0.4, 0.5) is 0 Å². The van der Waals surface area contributed by atoms with Crippen LogP contribution in [-0.2, 0) is 4.74 Å². The van der Waals surface area contributed by atoms with Crippen LogP contribution in [0.2, 0.25) is 0 Å². The van der Waals surface area contributed by atoms with Crippen molar-refractivity contribution < 1.29 is 13.9 Å². The molecule has 2 aromatic heterocycles. The molecule has 0 aliphatic carbocycles. The number of aromatic nitrogens is 1. The fraction of sp³-hybridized carbons (Fsp3) is 0.0714. The molecule has 0 aliphatic heterocycles. The van der Waals surface area contributed by atoms with Crippen LogP contribution < -0.4 is 5.43 Å². The Morgan fingerprint density at radius 3 is 2.84 bits per heavy atom. The van der Waals surface area contributed by atoms with Gasteiger partial charge in [0.1, 0.15) is 5.58 Å². The fourth-order valence-electron chi connectivity index (χ4n) is 1.95. The van der Waals surface area contributed by atoms with Crippen LogP contribution in [0, 0.1) is 0 Å². The van der Waals surface area contributed by atoms with Crippen molar-refractivity contribution in [3.05, 3.63) is 52.4 Å². The van der Waals surface area contributed by atoms with Crippen LogP contribution in [0.25, 0.3) is 21.9 Å². The predicted octanol–water partition coefficient (Wildman–Crippen LogP) is 2.13. The highest BCUT2D eigenvalue weighted by molar-refractivity contribution is 5.96. The number of pyridine rings is 1. The predicted molar refractivity (Wildman–Crippen MR) is 69.1 cm³/mol. The summed E-state index contributed by atoms with van der Waals surface area (Å²) in [5.74, 6) is -0.490. The van der Waals surface area contributed by atoms with Gasteiger partial charge in [-0.15, -0.1) is 0 Å². The Balaban J connectivity index is 2.40. The van der Waals surface area contributed by atoms with E-state index in [1.807, 2.05) is 0 Å². The minimum absolute atomic E-state index is 0.190. The van der Waals surface area contributed by atoms with E-state index in [0.29, 0.717) is 27.5 Å². The monoisotopic (exact) mass is 255 g/mol. The molecule has 0 saturated heterocycles. The van der Waals surface area contributed by atoms with Crippen molar-refractivity contribution >= 4 is 27.9 Å². The molecule has 5 nitrogen and oxygen atoms in total. The van der Waals surface area contributed by atoms with Crippen LogP contribution in [0.1, 0.15) is 10.4 Å². The van der Waals surface area contributed by atoms with E-state index in [2.05, 4.69) is 9.72 Å². The number of hydrogen-bond donors (Lipinski definition) is 0. The summed E-state index contributed by atoms with van der Waals surface area (Å²) >= 11 is 0. The van der Waals surface area contributed by atoms with Gasteiger partial charge in [0.05, 0.1) is 29.6 Å². The minimum Gasteiger partial charge on any atom is -0.465 e. The Morgan fingerprint density at radius 1 is 1.21 bits per heavy atom. The number of rotatable bonds is 1. The highest BCUT2D eigenvalue weighted by Gasteiger charge is 2.11. The van der Waals surface area contributed by atoms with Crippen LogP contribution in [0.15, 0.2) is 45.9 Å². The number of fused-ring (bicyclic) bond motifs is 2. The smallest absolute Gasteiger partial charge is 0.337 e. The van der Waals surface area contributed by atoms with Gasteiger partial charge in [-0.1, -0.05) is 0 Å². The summed E-state index contributed by atoms with van der Waals surface area (Å²) in [7, 11) is 1.29. The molecule has 0 amide bonds. The van der Waals surface area contributed by atoms with Crippen molar-refractivity contribution in [3.8, 4) is 0 Å². The average Bonchev–Trinajstić information content (AvgIpc) is 2.46. The molecule has 0 saturated carbocycles. The lowest BCUT2D eigenvalue weighted by Gasteiger charge is -2.03. The first-order valence-electron chi connectivity index (χ1n) is 5.59. The lowest BCUT2D eigenvalue weighted by Crippen LogP contribution is -2.06. The zero-order chi connectivity index (χ0) is 13.4. The van der Waals surface area contributed by atoms with Crippen molar-refractivity contribution in [2.45, 2.75) is 0 Å². The molecule has 0 spiro atoms. The first-order valence-corrected chi connectivity index (χ1v) is 5.59. The normalized spacial score (nSPS) is 10.8. The topological polar surface area (TPSA) is 69.4 Å². The largest absolute Gasteiger partial charge is 0.465 e. The van der Waals surface area contributed by atoms with Gasteiger partial charge in [0, 0.05) is 6.20 Å². The highest BCUT2D eigenvalue weighted by atomic mass is 16.5. The maximum Gasteiger partial charge on any atom is 0.337 e. The molecule has 19 heavy (non-hydrogen) atoms. The van der Waals surface area contributed by atoms with Crippen molar-refractivity contribution in [1.82, 2.24) is 4.98 Å². The van der Waals surface area contributed by atoms with E-state index in [1.165, 1.54) is 25.6 Å². The molecule has 3 aromatic rings. The molecule has 2 heterocycles. The zero-order valence-corrected chi connectivity index (χ0v) is 10.0. The average molecular weight is 255 g/mol. The lowest BCUT2D eigenvalue weighted by atomic mass is 10.1. The molecule has 0 atom stereocenters. The quantitative estimate of drug-likeness (QED) is 0.492. The molecule has 0 N–H and O–H groups in total. The number of esters is 1. The molecule has 5 heteroatoms. The number of carbonyl (C=O) groups is 1. The maximum atomic E-state index is 12.3. The summed E-state index contributed by atoms with van der Waals surface area (Å²) in [4.78, 5) is 27.7. The molecule has 0 unspecified atom stereocenters. The van der Waals surface area contributed by atoms with E-state index in [-0.39, 0.29) is 5.43 Å². The second-order valence-electron chi connectivity index (χ2n) is 4.01. The third-order valence-corrected chi connectivity index (χ3v) is 2.89. The van der Waals surface area contributed by atoms with Gasteiger partial charge in [-0.2, -0.15) is 0 Å². The number of hydrogen-bond acceptors (Lipinski definition) is 5. The number of carbonyl (C=O) groups excluding carboxylic acids is 1. The van der Waals surface area contributed by atoms with E-state index in [9.17, 15) is 9.59 Å². The van der Waals surface area contributed by atoms with Gasteiger partial charge >= 0.3 is 5.97 Å². The molecule has 1 aromatic carbocycles. The van der Waals surface area contributed by atoms with Crippen molar-refractivity contribution in [2.24, 2.45) is 0 Å². The second-order valence-corrected chi connectivity index (χ2v) is 4.01.